The first-order valence-corrected chi connectivity index (χ1v) is 7.06. The van der Waals surface area contributed by atoms with Gasteiger partial charge in [0, 0.05) is 16.1 Å². The van der Waals surface area contributed by atoms with E-state index in [0.29, 0.717) is 18.4 Å². The molecule has 1 aromatic carbocycles. The largest absolute Gasteiger partial charge is 0.481 e. The minimum Gasteiger partial charge on any atom is -0.481 e. The lowest BCUT2D eigenvalue weighted by Gasteiger charge is -2.13. The second-order valence-corrected chi connectivity index (χ2v) is 5.84. The maximum atomic E-state index is 12.1. The van der Waals surface area contributed by atoms with E-state index in [1.165, 1.54) is 0 Å². The normalized spacial score (nSPS) is 22.2. The summed E-state index contributed by atoms with van der Waals surface area (Å²) in [4.78, 5) is 22.9. The first kappa shape index (κ1) is 14.1. The summed E-state index contributed by atoms with van der Waals surface area (Å²) in [6.45, 7) is 1.96. The number of carbonyl (C=O) groups is 2. The van der Waals surface area contributed by atoms with Gasteiger partial charge in [-0.15, -0.1) is 0 Å². The van der Waals surface area contributed by atoms with Gasteiger partial charge in [0.1, 0.15) is 0 Å². The van der Waals surface area contributed by atoms with Gasteiger partial charge in [-0.3, -0.25) is 9.59 Å². The van der Waals surface area contributed by atoms with E-state index >= 15 is 0 Å². The summed E-state index contributed by atoms with van der Waals surface area (Å²) < 4.78 is 0.898. The third-order valence-electron chi connectivity index (χ3n) is 3.55. The molecule has 1 saturated carbocycles. The van der Waals surface area contributed by atoms with Crippen molar-refractivity contribution in [3.63, 3.8) is 0 Å². The molecule has 4 nitrogen and oxygen atoms in total. The number of hydrogen-bond acceptors (Lipinski definition) is 2. The van der Waals surface area contributed by atoms with Crippen LogP contribution in [0.3, 0.4) is 0 Å². The van der Waals surface area contributed by atoms with Crippen molar-refractivity contribution in [2.45, 2.75) is 32.2 Å². The minimum atomic E-state index is -0.769. The fraction of sp³-hybridized carbons (Fsp3) is 0.429. The van der Waals surface area contributed by atoms with Crippen LogP contribution < -0.4 is 5.32 Å². The molecule has 0 aromatic heterocycles. The third kappa shape index (κ3) is 3.35. The molecule has 0 bridgehead atoms. The number of nitrogens with one attached hydrogen (secondary N) is 1. The summed E-state index contributed by atoms with van der Waals surface area (Å²) in [6, 6.07) is 5.41. The molecule has 0 aliphatic heterocycles. The number of carboxylic acids is 1. The predicted molar refractivity (Wildman–Crippen MR) is 75.1 cm³/mol. The molecular formula is C14H16BrNO3. The van der Waals surface area contributed by atoms with Crippen molar-refractivity contribution in [3.05, 3.63) is 33.8 Å². The van der Waals surface area contributed by atoms with Crippen LogP contribution in [0.15, 0.2) is 22.7 Å². The van der Waals surface area contributed by atoms with Crippen LogP contribution in [-0.4, -0.2) is 23.0 Å². The van der Waals surface area contributed by atoms with E-state index in [-0.39, 0.29) is 17.9 Å². The molecule has 2 rings (SSSR count). The summed E-state index contributed by atoms with van der Waals surface area (Å²) in [5.74, 6) is -1.23. The van der Waals surface area contributed by atoms with Crippen molar-refractivity contribution in [1.29, 1.82) is 0 Å². The molecule has 1 aromatic rings. The fourth-order valence-corrected chi connectivity index (χ4v) is 2.72. The Labute approximate surface area is 120 Å². The molecular weight excluding hydrogens is 310 g/mol. The van der Waals surface area contributed by atoms with Crippen molar-refractivity contribution in [3.8, 4) is 0 Å². The van der Waals surface area contributed by atoms with Crippen LogP contribution in [0.1, 0.15) is 35.2 Å². The van der Waals surface area contributed by atoms with E-state index in [0.717, 1.165) is 16.5 Å². The highest BCUT2D eigenvalue weighted by molar-refractivity contribution is 9.10. The summed E-state index contributed by atoms with van der Waals surface area (Å²) in [6.07, 6.45) is 1.89. The standard InChI is InChI=1S/C14H16BrNO3/c1-8-2-3-9(7-12(8)15)13(17)16-11-5-4-10(6-11)14(18)19/h2-3,7,10-11H,4-6H2,1H3,(H,16,17)(H,18,19)/t10-,11+/m0/s1. The van der Waals surface area contributed by atoms with Gasteiger partial charge >= 0.3 is 5.97 Å². The average molecular weight is 326 g/mol. The fourth-order valence-electron chi connectivity index (χ4n) is 2.34. The number of rotatable bonds is 3. The molecule has 1 aliphatic rings. The molecule has 2 N–H and O–H groups in total. The number of hydrogen-bond donors (Lipinski definition) is 2. The van der Waals surface area contributed by atoms with Gasteiger partial charge in [0.05, 0.1) is 5.92 Å². The molecule has 0 spiro atoms. The van der Waals surface area contributed by atoms with E-state index in [4.69, 9.17) is 5.11 Å². The summed E-state index contributed by atoms with van der Waals surface area (Å²) in [5.41, 5.74) is 1.67. The van der Waals surface area contributed by atoms with Crippen molar-refractivity contribution >= 4 is 27.8 Å². The first-order valence-electron chi connectivity index (χ1n) is 6.27. The number of aryl methyl sites for hydroxylation is 1. The van der Waals surface area contributed by atoms with Crippen LogP contribution in [0.5, 0.6) is 0 Å². The number of carboxylic acid groups (broad SMARTS) is 1. The smallest absolute Gasteiger partial charge is 0.306 e. The zero-order chi connectivity index (χ0) is 14.0. The maximum Gasteiger partial charge on any atom is 0.306 e. The third-order valence-corrected chi connectivity index (χ3v) is 4.41. The summed E-state index contributed by atoms with van der Waals surface area (Å²) >= 11 is 3.40. The molecule has 0 heterocycles. The number of halogens is 1. The van der Waals surface area contributed by atoms with Gasteiger partial charge in [0.25, 0.3) is 5.91 Å². The zero-order valence-electron chi connectivity index (χ0n) is 10.6. The van der Waals surface area contributed by atoms with Gasteiger partial charge in [0.2, 0.25) is 0 Å². The van der Waals surface area contributed by atoms with Crippen LogP contribution in [0.25, 0.3) is 0 Å². The SMILES string of the molecule is Cc1ccc(C(=O)N[C@@H]2CC[C@H](C(=O)O)C2)cc1Br. The Morgan fingerprint density at radius 1 is 1.37 bits per heavy atom. The van der Waals surface area contributed by atoms with Gasteiger partial charge in [0.15, 0.2) is 0 Å². The van der Waals surface area contributed by atoms with E-state index in [1.807, 2.05) is 13.0 Å². The Bertz CT molecular complexity index is 515. The van der Waals surface area contributed by atoms with Crippen LogP contribution in [0.4, 0.5) is 0 Å². The van der Waals surface area contributed by atoms with Gasteiger partial charge < -0.3 is 10.4 Å². The van der Waals surface area contributed by atoms with E-state index < -0.39 is 5.97 Å². The Balaban J connectivity index is 1.98. The van der Waals surface area contributed by atoms with E-state index in [1.54, 1.807) is 12.1 Å². The molecule has 19 heavy (non-hydrogen) atoms. The summed E-state index contributed by atoms with van der Waals surface area (Å²) in [5, 5.41) is 11.8. The second kappa shape index (κ2) is 5.74. The Hall–Kier alpha value is -1.36. The van der Waals surface area contributed by atoms with E-state index in [2.05, 4.69) is 21.2 Å². The minimum absolute atomic E-state index is 0.0336. The lowest BCUT2D eigenvalue weighted by Crippen LogP contribution is -2.33. The molecule has 0 radical (unpaired) electrons. The van der Waals surface area contributed by atoms with Gasteiger partial charge in [-0.25, -0.2) is 0 Å². The molecule has 1 fully saturated rings. The highest BCUT2D eigenvalue weighted by Crippen LogP contribution is 2.26. The average Bonchev–Trinajstić information content (AvgIpc) is 2.81. The van der Waals surface area contributed by atoms with E-state index in [9.17, 15) is 9.59 Å². The molecule has 0 saturated heterocycles. The molecule has 1 amide bonds. The number of carbonyl (C=O) groups excluding carboxylic acids is 1. The van der Waals surface area contributed by atoms with Crippen molar-refractivity contribution in [2.75, 3.05) is 0 Å². The molecule has 102 valence electrons. The van der Waals surface area contributed by atoms with Gasteiger partial charge in [-0.1, -0.05) is 22.0 Å². The lowest BCUT2D eigenvalue weighted by molar-refractivity contribution is -0.141. The first-order chi connectivity index (χ1) is 8.97. The molecule has 1 aliphatic carbocycles. The van der Waals surface area contributed by atoms with Gasteiger partial charge in [-0.05, 0) is 43.9 Å². The van der Waals surface area contributed by atoms with Crippen LogP contribution in [-0.2, 0) is 4.79 Å². The second-order valence-electron chi connectivity index (χ2n) is 4.98. The maximum absolute atomic E-state index is 12.1. The van der Waals surface area contributed by atoms with Crippen molar-refractivity contribution in [2.24, 2.45) is 5.92 Å². The molecule has 5 heteroatoms. The number of benzene rings is 1. The zero-order valence-corrected chi connectivity index (χ0v) is 12.2. The van der Waals surface area contributed by atoms with Crippen molar-refractivity contribution in [1.82, 2.24) is 5.32 Å². The molecule has 0 unspecified atom stereocenters. The lowest BCUT2D eigenvalue weighted by atomic mass is 10.1. The summed E-state index contributed by atoms with van der Waals surface area (Å²) in [7, 11) is 0. The molecule has 2 atom stereocenters. The van der Waals surface area contributed by atoms with Crippen LogP contribution >= 0.6 is 15.9 Å². The van der Waals surface area contributed by atoms with Crippen LogP contribution in [0, 0.1) is 12.8 Å². The highest BCUT2D eigenvalue weighted by atomic mass is 79.9. The predicted octanol–water partition coefficient (Wildman–Crippen LogP) is 2.74. The quantitative estimate of drug-likeness (QED) is 0.897. The number of aliphatic carboxylic acids is 1. The van der Waals surface area contributed by atoms with Gasteiger partial charge in [-0.2, -0.15) is 0 Å². The Morgan fingerprint density at radius 2 is 2.11 bits per heavy atom. The van der Waals surface area contributed by atoms with Crippen LogP contribution in [0.2, 0.25) is 0 Å². The number of amides is 1. The Kier molecular flexibility index (Phi) is 4.24. The van der Waals surface area contributed by atoms with Crippen molar-refractivity contribution < 1.29 is 14.7 Å². The monoisotopic (exact) mass is 325 g/mol. The topological polar surface area (TPSA) is 66.4 Å². The highest BCUT2D eigenvalue weighted by Gasteiger charge is 2.30. The Morgan fingerprint density at radius 3 is 2.68 bits per heavy atom.